The number of aliphatic hydroxyl groups excluding tert-OH is 2. The van der Waals surface area contributed by atoms with Gasteiger partial charge in [-0.15, -0.1) is 0 Å². The fourth-order valence-electron chi connectivity index (χ4n) is 5.84. The monoisotopic (exact) mass is 645 g/mol. The molecule has 0 saturated heterocycles. The van der Waals surface area contributed by atoms with Gasteiger partial charge in [-0.25, -0.2) is 0 Å². The average molecular weight is 645 g/mol. The highest BCUT2D eigenvalue weighted by molar-refractivity contribution is 7.99. The van der Waals surface area contributed by atoms with E-state index in [0.29, 0.717) is 0 Å². The third-order valence-corrected chi connectivity index (χ3v) is 9.70. The Morgan fingerprint density at radius 1 is 0.318 bits per heavy atom. The Kier molecular flexibility index (Phi) is 50.2. The molecular formula is C40H84O3S. The van der Waals surface area contributed by atoms with Crippen molar-refractivity contribution in [3.63, 3.8) is 0 Å². The van der Waals surface area contributed by atoms with Gasteiger partial charge in [-0.1, -0.05) is 206 Å². The van der Waals surface area contributed by atoms with Gasteiger partial charge in [0, 0.05) is 24.7 Å². The van der Waals surface area contributed by atoms with Gasteiger partial charge in [0.15, 0.2) is 0 Å². The number of thioether (sulfide) groups is 1. The lowest BCUT2D eigenvalue weighted by molar-refractivity contribution is 0.125. The maximum Gasteiger partial charge on any atom is 0.0521 e. The molecule has 2 N–H and O–H groups in total. The average Bonchev–Trinajstić information content (AvgIpc) is 3.04. The lowest BCUT2D eigenvalue weighted by atomic mass is 10.0. The number of aliphatic hydroxyl groups is 2. The third-order valence-electron chi connectivity index (χ3n) is 8.76. The zero-order chi connectivity index (χ0) is 32.3. The molecular weight excluding hydrogens is 561 g/mol. The minimum atomic E-state index is 0.213. The molecule has 0 aromatic carbocycles. The van der Waals surface area contributed by atoms with Gasteiger partial charge in [0.05, 0.1) is 13.2 Å². The van der Waals surface area contributed by atoms with E-state index in [2.05, 4.69) is 13.8 Å². The van der Waals surface area contributed by atoms with Crippen molar-refractivity contribution in [2.24, 2.45) is 0 Å². The molecule has 0 amide bonds. The van der Waals surface area contributed by atoms with Crippen LogP contribution < -0.4 is 0 Å². The first kappa shape index (κ1) is 46.3. The molecule has 0 spiro atoms. The highest BCUT2D eigenvalue weighted by atomic mass is 32.2. The van der Waals surface area contributed by atoms with Crippen molar-refractivity contribution in [3.05, 3.63) is 0 Å². The first-order chi connectivity index (χ1) is 21.8. The first-order valence-corrected chi connectivity index (χ1v) is 21.4. The number of hydrogen-bond donors (Lipinski definition) is 2. The smallest absolute Gasteiger partial charge is 0.0521 e. The molecule has 268 valence electrons. The SMILES string of the molecule is CCCCCCCCCCCCCCCCCCOCCCCCCCCCCCCCCCCCC.OCCSCCO. The fourth-order valence-corrected chi connectivity index (χ4v) is 6.30. The molecule has 0 aliphatic rings. The number of hydrogen-bond acceptors (Lipinski definition) is 4. The lowest BCUT2D eigenvalue weighted by Crippen LogP contribution is -1.97. The van der Waals surface area contributed by atoms with Crippen molar-refractivity contribution >= 4 is 11.8 Å². The summed E-state index contributed by atoms with van der Waals surface area (Å²) < 4.78 is 5.87. The van der Waals surface area contributed by atoms with Crippen LogP contribution in [-0.4, -0.2) is 48.1 Å². The molecule has 0 unspecified atom stereocenters. The zero-order valence-corrected chi connectivity index (χ0v) is 31.4. The molecule has 0 aromatic heterocycles. The van der Waals surface area contributed by atoms with E-state index in [4.69, 9.17) is 14.9 Å². The molecule has 0 fully saturated rings. The van der Waals surface area contributed by atoms with E-state index >= 15 is 0 Å². The van der Waals surface area contributed by atoms with Gasteiger partial charge < -0.3 is 14.9 Å². The second-order valence-corrected chi connectivity index (χ2v) is 14.5. The van der Waals surface area contributed by atoms with Gasteiger partial charge in [-0.2, -0.15) is 11.8 Å². The Bertz CT molecular complexity index is 410. The highest BCUT2D eigenvalue weighted by Crippen LogP contribution is 2.15. The Morgan fingerprint density at radius 3 is 0.727 bits per heavy atom. The summed E-state index contributed by atoms with van der Waals surface area (Å²) in [5, 5.41) is 16.4. The Balaban J connectivity index is 0. The van der Waals surface area contributed by atoms with E-state index in [1.54, 1.807) is 11.8 Å². The number of unbranched alkanes of at least 4 members (excludes halogenated alkanes) is 30. The minimum Gasteiger partial charge on any atom is -0.396 e. The predicted octanol–water partition coefficient (Wildman–Crippen LogP) is 13.2. The second-order valence-electron chi connectivity index (χ2n) is 13.3. The predicted molar refractivity (Wildman–Crippen MR) is 201 cm³/mol. The summed E-state index contributed by atoms with van der Waals surface area (Å²) in [6.45, 7) is 7.03. The van der Waals surface area contributed by atoms with Crippen LogP contribution in [0.15, 0.2) is 0 Å². The summed E-state index contributed by atoms with van der Waals surface area (Å²) >= 11 is 1.55. The zero-order valence-electron chi connectivity index (χ0n) is 30.6. The van der Waals surface area contributed by atoms with Crippen molar-refractivity contribution in [1.29, 1.82) is 0 Å². The van der Waals surface area contributed by atoms with Crippen LogP contribution in [0.25, 0.3) is 0 Å². The van der Waals surface area contributed by atoms with Crippen LogP contribution in [0.3, 0.4) is 0 Å². The molecule has 0 aliphatic carbocycles. The second kappa shape index (κ2) is 47.6. The van der Waals surface area contributed by atoms with E-state index in [-0.39, 0.29) is 13.2 Å². The molecule has 0 radical (unpaired) electrons. The van der Waals surface area contributed by atoms with Gasteiger partial charge in [0.1, 0.15) is 0 Å². The minimum absolute atomic E-state index is 0.213. The van der Waals surface area contributed by atoms with Crippen molar-refractivity contribution in [2.75, 3.05) is 37.9 Å². The maximum atomic E-state index is 8.19. The van der Waals surface area contributed by atoms with Crippen molar-refractivity contribution in [2.45, 2.75) is 219 Å². The Morgan fingerprint density at radius 2 is 0.523 bits per heavy atom. The molecule has 0 bridgehead atoms. The standard InChI is InChI=1S/C36H74O.C4H10O2S/c1-3-5-7-9-11-13-15-17-19-21-23-25-27-29-31-33-35-37-36-34-32-30-28-26-24-22-20-18-16-14-12-10-8-6-4-2;5-1-3-7-4-2-6/h3-36H2,1-2H3;5-6H,1-4H2. The summed E-state index contributed by atoms with van der Waals surface area (Å²) in [6, 6.07) is 0. The van der Waals surface area contributed by atoms with E-state index < -0.39 is 0 Å². The van der Waals surface area contributed by atoms with Gasteiger partial charge in [0.2, 0.25) is 0 Å². The van der Waals surface area contributed by atoms with Crippen LogP contribution in [0.2, 0.25) is 0 Å². The largest absolute Gasteiger partial charge is 0.396 e. The Labute approximate surface area is 283 Å². The summed E-state index contributed by atoms with van der Waals surface area (Å²) in [5.74, 6) is 1.47. The molecule has 0 rings (SSSR count). The third kappa shape index (κ3) is 49.1. The molecule has 0 saturated carbocycles. The van der Waals surface area contributed by atoms with E-state index in [9.17, 15) is 0 Å². The molecule has 0 aliphatic heterocycles. The van der Waals surface area contributed by atoms with Crippen LogP contribution in [0.1, 0.15) is 219 Å². The Hall–Kier alpha value is 0.230. The normalized spacial score (nSPS) is 11.2. The van der Waals surface area contributed by atoms with Crippen molar-refractivity contribution in [1.82, 2.24) is 0 Å². The van der Waals surface area contributed by atoms with Crippen LogP contribution >= 0.6 is 11.8 Å². The first-order valence-electron chi connectivity index (χ1n) is 20.2. The van der Waals surface area contributed by atoms with E-state index in [1.165, 1.54) is 205 Å². The van der Waals surface area contributed by atoms with Gasteiger partial charge in [-0.3, -0.25) is 0 Å². The van der Waals surface area contributed by atoms with Crippen LogP contribution in [0.5, 0.6) is 0 Å². The molecule has 4 heteroatoms. The van der Waals surface area contributed by atoms with E-state index in [1.807, 2.05) is 0 Å². The van der Waals surface area contributed by atoms with Crippen molar-refractivity contribution in [3.8, 4) is 0 Å². The maximum absolute atomic E-state index is 8.19. The summed E-state index contributed by atoms with van der Waals surface area (Å²) in [6.07, 6.45) is 46.0. The molecule has 0 heterocycles. The van der Waals surface area contributed by atoms with Crippen molar-refractivity contribution < 1.29 is 14.9 Å². The van der Waals surface area contributed by atoms with Crippen LogP contribution in [-0.2, 0) is 4.74 Å². The van der Waals surface area contributed by atoms with Gasteiger partial charge >= 0.3 is 0 Å². The summed E-state index contributed by atoms with van der Waals surface area (Å²) in [7, 11) is 0. The molecule has 44 heavy (non-hydrogen) atoms. The fraction of sp³-hybridized carbons (Fsp3) is 1.00. The summed E-state index contributed by atoms with van der Waals surface area (Å²) in [4.78, 5) is 0. The number of ether oxygens (including phenoxy) is 1. The molecule has 3 nitrogen and oxygen atoms in total. The van der Waals surface area contributed by atoms with Crippen LogP contribution in [0, 0.1) is 0 Å². The van der Waals surface area contributed by atoms with Gasteiger partial charge in [0.25, 0.3) is 0 Å². The quantitative estimate of drug-likeness (QED) is 0.0657. The van der Waals surface area contributed by atoms with E-state index in [0.717, 1.165) is 24.7 Å². The highest BCUT2D eigenvalue weighted by Gasteiger charge is 1.97. The molecule has 0 atom stereocenters. The topological polar surface area (TPSA) is 49.7 Å². The summed E-state index contributed by atoms with van der Waals surface area (Å²) in [5.41, 5.74) is 0. The molecule has 0 aromatic rings. The number of rotatable bonds is 38. The van der Waals surface area contributed by atoms with Gasteiger partial charge in [-0.05, 0) is 12.8 Å². The van der Waals surface area contributed by atoms with Crippen LogP contribution in [0.4, 0.5) is 0 Å². The lowest BCUT2D eigenvalue weighted by Gasteiger charge is -2.06.